The largest absolute Gasteiger partial charge is 0.393 e. The molecule has 1 nitrogen and oxygen atoms in total. The lowest BCUT2D eigenvalue weighted by atomic mass is 9.42. The predicted octanol–water partition coefficient (Wildman–Crippen LogP) is 9.54. The molecule has 0 bridgehead atoms. The molecule has 10 atom stereocenters. The Bertz CT molecular complexity index is 878. The number of hydrogen-bond donors (Lipinski definition) is 1. The number of fused-ring (bicyclic) bond motifs is 5. The fraction of sp³-hybridized carbons (Fsp3) is 0.824. The van der Waals surface area contributed by atoms with Crippen molar-refractivity contribution in [2.45, 2.75) is 118 Å². The van der Waals surface area contributed by atoms with Crippen molar-refractivity contribution in [1.82, 2.24) is 0 Å². The van der Waals surface area contributed by atoms with Crippen LogP contribution in [0.2, 0.25) is 0 Å². The maximum absolute atomic E-state index is 11.2. The van der Waals surface area contributed by atoms with E-state index in [0.29, 0.717) is 22.7 Å². The number of aliphatic hydroxyl groups is 1. The van der Waals surface area contributed by atoms with Crippen molar-refractivity contribution in [3.8, 4) is 0 Å². The van der Waals surface area contributed by atoms with Crippen LogP contribution in [0.15, 0.2) is 24.3 Å². The molecular weight excluding hydrogens is 551 g/mol. The SMILES string of the molecule is CC(C)CCC[C@@H](C)[C@H]1CC[C@H]2[C@@H]3CCC4[C@H](Cc5ccc(I)cc5)[C@H](O)CC[C@]4(C)[C@H]3CC[C@]12C. The molecule has 0 radical (unpaired) electrons. The van der Waals surface area contributed by atoms with Gasteiger partial charge in [0.25, 0.3) is 0 Å². The second-order valence-corrected chi connectivity index (χ2v) is 15.9. The van der Waals surface area contributed by atoms with Crippen LogP contribution in [0.5, 0.6) is 0 Å². The Labute approximate surface area is 236 Å². The number of hydrogen-bond acceptors (Lipinski definition) is 1. The second kappa shape index (κ2) is 10.8. The summed E-state index contributed by atoms with van der Waals surface area (Å²) in [4.78, 5) is 0. The van der Waals surface area contributed by atoms with E-state index in [4.69, 9.17) is 0 Å². The van der Waals surface area contributed by atoms with Crippen molar-refractivity contribution in [2.75, 3.05) is 0 Å². The Hall–Kier alpha value is -0.0900. The Morgan fingerprint density at radius 1 is 0.833 bits per heavy atom. The smallest absolute Gasteiger partial charge is 0.0574 e. The summed E-state index contributed by atoms with van der Waals surface area (Å²) in [5.74, 6) is 6.59. The van der Waals surface area contributed by atoms with Gasteiger partial charge in [-0.05, 0) is 156 Å². The normalized spacial score (nSPS) is 43.1. The van der Waals surface area contributed by atoms with Crippen LogP contribution in [-0.4, -0.2) is 11.2 Å². The minimum absolute atomic E-state index is 0.115. The van der Waals surface area contributed by atoms with Crippen LogP contribution in [0.4, 0.5) is 0 Å². The van der Waals surface area contributed by atoms with Gasteiger partial charge < -0.3 is 5.11 Å². The first-order chi connectivity index (χ1) is 17.1. The molecule has 0 aliphatic heterocycles. The van der Waals surface area contributed by atoms with E-state index in [1.54, 1.807) is 0 Å². The molecule has 0 spiro atoms. The van der Waals surface area contributed by atoms with E-state index >= 15 is 0 Å². The van der Waals surface area contributed by atoms with E-state index in [-0.39, 0.29) is 6.10 Å². The van der Waals surface area contributed by atoms with Gasteiger partial charge in [-0.25, -0.2) is 0 Å². The average Bonchev–Trinajstić information content (AvgIpc) is 3.19. The average molecular weight is 605 g/mol. The first kappa shape index (κ1) is 27.5. The lowest BCUT2D eigenvalue weighted by Crippen LogP contribution is -2.57. The molecule has 36 heavy (non-hydrogen) atoms. The molecule has 0 saturated heterocycles. The van der Waals surface area contributed by atoms with E-state index < -0.39 is 0 Å². The van der Waals surface area contributed by atoms with Gasteiger partial charge in [0.15, 0.2) is 0 Å². The molecule has 202 valence electrons. The van der Waals surface area contributed by atoms with Crippen LogP contribution in [0.3, 0.4) is 0 Å². The van der Waals surface area contributed by atoms with Crippen molar-refractivity contribution in [2.24, 2.45) is 58.2 Å². The topological polar surface area (TPSA) is 20.2 Å². The lowest BCUT2D eigenvalue weighted by Gasteiger charge is -2.63. The molecule has 4 aliphatic carbocycles. The Kier molecular flexibility index (Phi) is 8.26. The van der Waals surface area contributed by atoms with E-state index in [9.17, 15) is 5.11 Å². The zero-order chi connectivity index (χ0) is 25.7. The van der Waals surface area contributed by atoms with Gasteiger partial charge in [-0.2, -0.15) is 0 Å². The van der Waals surface area contributed by atoms with Crippen molar-refractivity contribution in [3.05, 3.63) is 33.4 Å². The fourth-order valence-corrected chi connectivity index (χ4v) is 11.1. The number of halogens is 1. The molecular formula is C34H53IO. The van der Waals surface area contributed by atoms with Crippen LogP contribution in [-0.2, 0) is 6.42 Å². The fourth-order valence-electron chi connectivity index (χ4n) is 10.7. The molecule has 1 aromatic rings. The van der Waals surface area contributed by atoms with Crippen molar-refractivity contribution in [1.29, 1.82) is 0 Å². The molecule has 0 heterocycles. The lowest BCUT2D eigenvalue weighted by molar-refractivity contribution is -0.152. The van der Waals surface area contributed by atoms with Crippen LogP contribution < -0.4 is 0 Å². The molecule has 4 fully saturated rings. The summed E-state index contributed by atoms with van der Waals surface area (Å²) in [7, 11) is 0. The maximum atomic E-state index is 11.2. The van der Waals surface area contributed by atoms with Gasteiger partial charge >= 0.3 is 0 Å². The Balaban J connectivity index is 1.31. The highest BCUT2D eigenvalue weighted by Gasteiger charge is 2.61. The van der Waals surface area contributed by atoms with Gasteiger partial charge in [-0.3, -0.25) is 0 Å². The molecule has 4 aliphatic rings. The van der Waals surface area contributed by atoms with Crippen molar-refractivity contribution < 1.29 is 5.11 Å². The van der Waals surface area contributed by atoms with E-state index in [1.807, 2.05) is 0 Å². The standard InChI is InChI=1S/C34H53IO/c1-22(2)7-6-8-23(3)28-15-16-29-26-13-14-30-27(21-24-9-11-25(35)12-10-24)32(36)18-20-34(30,5)31(26)17-19-33(28,29)4/h9-12,22-23,26-32,36H,6-8,13-21H2,1-5H3/t23-,26+,27+,28-,29+,30?,31+,32-,33-,34+/m1/s1. The van der Waals surface area contributed by atoms with Crippen molar-refractivity contribution >= 4 is 22.6 Å². The van der Waals surface area contributed by atoms with Gasteiger partial charge in [-0.1, -0.05) is 66.0 Å². The monoisotopic (exact) mass is 604 g/mol. The first-order valence-corrected chi connectivity index (χ1v) is 16.6. The molecule has 0 aromatic heterocycles. The Morgan fingerprint density at radius 2 is 1.50 bits per heavy atom. The van der Waals surface area contributed by atoms with Crippen LogP contribution in [0.25, 0.3) is 0 Å². The molecule has 1 N–H and O–H groups in total. The molecule has 1 unspecified atom stereocenters. The maximum Gasteiger partial charge on any atom is 0.0574 e. The minimum Gasteiger partial charge on any atom is -0.393 e. The van der Waals surface area contributed by atoms with Gasteiger partial charge in [0, 0.05) is 3.57 Å². The second-order valence-electron chi connectivity index (χ2n) is 14.7. The summed E-state index contributed by atoms with van der Waals surface area (Å²) < 4.78 is 1.31. The summed E-state index contributed by atoms with van der Waals surface area (Å²) in [5, 5.41) is 11.2. The third kappa shape index (κ3) is 4.98. The Morgan fingerprint density at radius 3 is 2.22 bits per heavy atom. The van der Waals surface area contributed by atoms with Crippen LogP contribution >= 0.6 is 22.6 Å². The quantitative estimate of drug-likeness (QED) is 0.308. The number of rotatable bonds is 7. The predicted molar refractivity (Wildman–Crippen MR) is 161 cm³/mol. The molecule has 4 saturated carbocycles. The van der Waals surface area contributed by atoms with E-state index in [1.165, 1.54) is 73.3 Å². The summed E-state index contributed by atoms with van der Waals surface area (Å²) >= 11 is 2.40. The van der Waals surface area contributed by atoms with Gasteiger partial charge in [0.2, 0.25) is 0 Å². The summed E-state index contributed by atoms with van der Waals surface area (Å²) in [6, 6.07) is 9.09. The third-order valence-corrected chi connectivity index (χ3v) is 13.2. The summed E-state index contributed by atoms with van der Waals surface area (Å²) in [5.41, 5.74) is 2.43. The summed E-state index contributed by atoms with van der Waals surface area (Å²) in [6.45, 7) is 12.8. The number of aliphatic hydroxyl groups excluding tert-OH is 1. The highest BCUT2D eigenvalue weighted by Crippen LogP contribution is 2.69. The van der Waals surface area contributed by atoms with E-state index in [2.05, 4.69) is 81.5 Å². The van der Waals surface area contributed by atoms with E-state index in [0.717, 1.165) is 48.3 Å². The summed E-state index contributed by atoms with van der Waals surface area (Å²) in [6.07, 6.45) is 16.2. The zero-order valence-corrected chi connectivity index (χ0v) is 26.0. The molecule has 0 amide bonds. The highest BCUT2D eigenvalue weighted by molar-refractivity contribution is 14.1. The zero-order valence-electron chi connectivity index (χ0n) is 23.8. The van der Waals surface area contributed by atoms with Gasteiger partial charge in [0.05, 0.1) is 6.10 Å². The number of benzene rings is 1. The van der Waals surface area contributed by atoms with Crippen LogP contribution in [0.1, 0.15) is 111 Å². The minimum atomic E-state index is -0.115. The van der Waals surface area contributed by atoms with Crippen LogP contribution in [0, 0.1) is 61.7 Å². The molecule has 5 rings (SSSR count). The third-order valence-electron chi connectivity index (χ3n) is 12.5. The molecule has 1 aromatic carbocycles. The first-order valence-electron chi connectivity index (χ1n) is 15.6. The van der Waals surface area contributed by atoms with Gasteiger partial charge in [-0.15, -0.1) is 0 Å². The van der Waals surface area contributed by atoms with Gasteiger partial charge in [0.1, 0.15) is 0 Å². The highest BCUT2D eigenvalue weighted by atomic mass is 127. The molecule has 2 heteroatoms. The van der Waals surface area contributed by atoms with Crippen molar-refractivity contribution in [3.63, 3.8) is 0 Å².